The van der Waals surface area contributed by atoms with E-state index in [2.05, 4.69) is 41.9 Å². The highest BCUT2D eigenvalue weighted by Gasteiger charge is 2.21. The first-order valence-electron chi connectivity index (χ1n) is 10.1. The molecule has 0 saturated carbocycles. The Kier molecular flexibility index (Phi) is 8.15. The van der Waals surface area contributed by atoms with Gasteiger partial charge >= 0.3 is 11.7 Å². The van der Waals surface area contributed by atoms with Crippen molar-refractivity contribution in [1.29, 1.82) is 0 Å². The molecule has 12 heteroatoms. The van der Waals surface area contributed by atoms with Gasteiger partial charge < -0.3 is 9.47 Å². The van der Waals surface area contributed by atoms with Crippen LogP contribution in [0.15, 0.2) is 49.2 Å². The zero-order valence-electron chi connectivity index (χ0n) is 18.4. The van der Waals surface area contributed by atoms with Crippen LogP contribution in [0.1, 0.15) is 38.1 Å². The molecule has 0 N–H and O–H groups in total. The number of carbonyl (C=O) groups is 1. The summed E-state index contributed by atoms with van der Waals surface area (Å²) in [6.45, 7) is 5.10. The average Bonchev–Trinajstić information content (AvgIpc) is 2.77. The molecule has 0 spiro atoms. The summed E-state index contributed by atoms with van der Waals surface area (Å²) in [5.74, 6) is -0.436. The number of fused-ring (bicyclic) bond motifs is 1. The third-order valence-corrected chi connectivity index (χ3v) is 5.64. The van der Waals surface area contributed by atoms with E-state index in [0.717, 1.165) is 4.47 Å². The molecule has 0 bridgehead atoms. The number of nitrogens with zero attached hydrogens (tertiary/aromatic N) is 4. The highest BCUT2D eigenvalue weighted by Crippen LogP contribution is 2.36. The molecule has 0 aliphatic carbocycles. The summed E-state index contributed by atoms with van der Waals surface area (Å²) >= 11 is 6.60. The van der Waals surface area contributed by atoms with E-state index in [1.165, 1.54) is 23.0 Å². The van der Waals surface area contributed by atoms with Gasteiger partial charge in [-0.15, -0.1) is 0 Å². The molecule has 0 fully saturated rings. The fourth-order valence-electron chi connectivity index (χ4n) is 3.06. The van der Waals surface area contributed by atoms with Crippen LogP contribution in [0.25, 0.3) is 10.9 Å². The second-order valence-corrected chi connectivity index (χ2v) is 9.12. The van der Waals surface area contributed by atoms with E-state index in [4.69, 9.17) is 9.47 Å². The highest BCUT2D eigenvalue weighted by molar-refractivity contribution is 9.10. The summed E-state index contributed by atoms with van der Waals surface area (Å²) in [6.07, 6.45) is 1.33. The van der Waals surface area contributed by atoms with Gasteiger partial charge in [0.25, 0.3) is 5.56 Å². The Morgan fingerprint density at radius 1 is 1.29 bits per heavy atom. The van der Waals surface area contributed by atoms with Crippen LogP contribution < -0.4 is 10.3 Å². The van der Waals surface area contributed by atoms with Crippen molar-refractivity contribution >= 4 is 60.6 Å². The standard InChI is InChI=1S/C22H20Br2N4O6/c1-4-33-19(29)11-34-20-16(24)7-13(8-18(20)28(31)32)10-25-27-21(12(2)3)26-17-6-5-14(23)9-15(17)22(27)30/h5-10,12H,4,11H2,1-3H3. The average molecular weight is 596 g/mol. The Bertz CT molecular complexity index is 1350. The van der Waals surface area contributed by atoms with Crippen LogP contribution >= 0.6 is 31.9 Å². The number of nitro groups is 1. The quantitative estimate of drug-likeness (QED) is 0.159. The van der Waals surface area contributed by atoms with Gasteiger partial charge in [0.2, 0.25) is 5.75 Å². The van der Waals surface area contributed by atoms with E-state index in [9.17, 15) is 19.7 Å². The zero-order chi connectivity index (χ0) is 25.0. The van der Waals surface area contributed by atoms with E-state index in [0.29, 0.717) is 22.3 Å². The lowest BCUT2D eigenvalue weighted by Crippen LogP contribution is -2.23. The molecular formula is C22H20Br2N4O6. The van der Waals surface area contributed by atoms with Gasteiger partial charge in [-0.1, -0.05) is 29.8 Å². The number of nitro benzene ring substituents is 1. The summed E-state index contributed by atoms with van der Waals surface area (Å²) in [6, 6.07) is 7.98. The Morgan fingerprint density at radius 2 is 2.03 bits per heavy atom. The minimum atomic E-state index is -0.648. The Morgan fingerprint density at radius 3 is 2.68 bits per heavy atom. The number of hydrogen-bond acceptors (Lipinski definition) is 8. The smallest absolute Gasteiger partial charge is 0.344 e. The van der Waals surface area contributed by atoms with Gasteiger partial charge in [0, 0.05) is 22.0 Å². The van der Waals surface area contributed by atoms with Crippen molar-refractivity contribution in [3.63, 3.8) is 0 Å². The van der Waals surface area contributed by atoms with E-state index in [1.807, 2.05) is 13.8 Å². The van der Waals surface area contributed by atoms with Gasteiger partial charge in [-0.3, -0.25) is 14.9 Å². The lowest BCUT2D eigenvalue weighted by Gasteiger charge is -2.12. The van der Waals surface area contributed by atoms with Crippen molar-refractivity contribution in [2.24, 2.45) is 5.10 Å². The van der Waals surface area contributed by atoms with Crippen LogP contribution in [0, 0.1) is 10.1 Å². The van der Waals surface area contributed by atoms with Crippen LogP contribution in [0.3, 0.4) is 0 Å². The van der Waals surface area contributed by atoms with Gasteiger partial charge in [0.15, 0.2) is 6.61 Å². The molecule has 178 valence electrons. The number of aromatic nitrogens is 2. The van der Waals surface area contributed by atoms with Crippen LogP contribution in [-0.4, -0.2) is 40.0 Å². The minimum absolute atomic E-state index is 0.113. The lowest BCUT2D eigenvalue weighted by molar-refractivity contribution is -0.385. The largest absolute Gasteiger partial charge is 0.474 e. The van der Waals surface area contributed by atoms with Gasteiger partial charge in [-0.25, -0.2) is 9.78 Å². The third-order valence-electron chi connectivity index (χ3n) is 4.55. The van der Waals surface area contributed by atoms with Crippen molar-refractivity contribution in [3.8, 4) is 5.75 Å². The predicted molar refractivity (Wildman–Crippen MR) is 134 cm³/mol. The van der Waals surface area contributed by atoms with Crippen molar-refractivity contribution in [2.45, 2.75) is 26.7 Å². The van der Waals surface area contributed by atoms with Gasteiger partial charge in [-0.05, 0) is 47.1 Å². The van der Waals surface area contributed by atoms with Crippen molar-refractivity contribution < 1.29 is 19.2 Å². The van der Waals surface area contributed by atoms with Gasteiger partial charge in [0.05, 0.1) is 33.1 Å². The monoisotopic (exact) mass is 594 g/mol. The molecule has 0 aliphatic heterocycles. The van der Waals surface area contributed by atoms with E-state index >= 15 is 0 Å². The normalized spacial score (nSPS) is 11.4. The molecule has 1 aromatic heterocycles. The molecule has 3 aromatic rings. The van der Waals surface area contributed by atoms with Gasteiger partial charge in [0.1, 0.15) is 5.82 Å². The van der Waals surface area contributed by atoms with Crippen LogP contribution in [0.5, 0.6) is 5.75 Å². The molecule has 0 amide bonds. The summed E-state index contributed by atoms with van der Waals surface area (Å²) in [7, 11) is 0. The number of esters is 1. The third kappa shape index (κ3) is 5.68. The number of ether oxygens (including phenoxy) is 2. The maximum absolute atomic E-state index is 13.1. The predicted octanol–water partition coefficient (Wildman–Crippen LogP) is 4.78. The lowest BCUT2D eigenvalue weighted by atomic mass is 10.2. The zero-order valence-corrected chi connectivity index (χ0v) is 21.6. The molecule has 0 aliphatic rings. The fourth-order valence-corrected chi connectivity index (χ4v) is 4.00. The van der Waals surface area contributed by atoms with Crippen molar-refractivity contribution in [2.75, 3.05) is 13.2 Å². The first-order valence-corrected chi connectivity index (χ1v) is 11.7. The molecule has 2 aromatic carbocycles. The Labute approximate surface area is 211 Å². The number of rotatable bonds is 8. The molecule has 0 unspecified atom stereocenters. The fraction of sp³-hybridized carbons (Fsp3) is 0.273. The molecular weight excluding hydrogens is 576 g/mol. The minimum Gasteiger partial charge on any atom is -0.474 e. The van der Waals surface area contributed by atoms with E-state index < -0.39 is 17.5 Å². The van der Waals surface area contributed by atoms with E-state index in [1.54, 1.807) is 25.1 Å². The molecule has 34 heavy (non-hydrogen) atoms. The van der Waals surface area contributed by atoms with Gasteiger partial charge in [-0.2, -0.15) is 9.78 Å². The van der Waals surface area contributed by atoms with E-state index in [-0.39, 0.29) is 34.0 Å². The topological polar surface area (TPSA) is 126 Å². The first kappa shape index (κ1) is 25.5. The summed E-state index contributed by atoms with van der Waals surface area (Å²) in [4.78, 5) is 40.3. The molecule has 10 nitrogen and oxygen atoms in total. The molecule has 0 atom stereocenters. The maximum atomic E-state index is 13.1. The molecule has 3 rings (SSSR count). The Hall–Kier alpha value is -3.12. The Balaban J connectivity index is 2.05. The van der Waals surface area contributed by atoms with Crippen molar-refractivity contribution in [3.05, 3.63) is 71.1 Å². The second-order valence-electron chi connectivity index (χ2n) is 7.35. The summed E-state index contributed by atoms with van der Waals surface area (Å²) in [5, 5.41) is 16.3. The van der Waals surface area contributed by atoms with Crippen LogP contribution in [-0.2, 0) is 9.53 Å². The number of hydrogen-bond donors (Lipinski definition) is 0. The highest BCUT2D eigenvalue weighted by atomic mass is 79.9. The number of benzene rings is 2. The molecule has 1 heterocycles. The second kappa shape index (κ2) is 10.9. The molecule has 0 radical (unpaired) electrons. The number of halogens is 2. The first-order chi connectivity index (χ1) is 16.1. The van der Waals surface area contributed by atoms with Crippen LogP contribution in [0.2, 0.25) is 0 Å². The molecule has 0 saturated heterocycles. The maximum Gasteiger partial charge on any atom is 0.344 e. The van der Waals surface area contributed by atoms with Crippen molar-refractivity contribution in [1.82, 2.24) is 9.66 Å². The van der Waals surface area contributed by atoms with Crippen LogP contribution in [0.4, 0.5) is 5.69 Å². The SMILES string of the molecule is CCOC(=O)COc1c(Br)cc(C=Nn2c(C(C)C)nc3ccc(Br)cc3c2=O)cc1[N+](=O)[O-]. The summed E-state index contributed by atoms with van der Waals surface area (Å²) in [5.41, 5.74) is 0.133. The summed E-state index contributed by atoms with van der Waals surface area (Å²) < 4.78 is 12.2. The number of carbonyl (C=O) groups excluding carboxylic acids is 1.